The molecule has 0 saturated heterocycles. The lowest BCUT2D eigenvalue weighted by atomic mass is 10.2. The molecular weight excluding hydrogens is 257 g/mol. The van der Waals surface area contributed by atoms with E-state index in [1.165, 1.54) is 0 Å². The zero-order chi connectivity index (χ0) is 14.8. The lowest BCUT2D eigenvalue weighted by Crippen LogP contribution is -1.78. The molecule has 0 aliphatic carbocycles. The Morgan fingerprint density at radius 3 is 2.21 bits per heavy atom. The second kappa shape index (κ2) is 8.80. The van der Waals surface area contributed by atoms with Gasteiger partial charge in [0.25, 0.3) is 0 Å². The van der Waals surface area contributed by atoms with Crippen molar-refractivity contribution >= 4 is 11.8 Å². The summed E-state index contributed by atoms with van der Waals surface area (Å²) in [5, 5.41) is 10.1. The molecular formula is C16H14FNS. The summed E-state index contributed by atoms with van der Waals surface area (Å²) < 4.78 is 13.4. The fourth-order valence-corrected chi connectivity index (χ4v) is 1.09. The third kappa shape index (κ3) is 8.49. The van der Waals surface area contributed by atoms with Gasteiger partial charge in [0.1, 0.15) is 11.2 Å². The molecule has 0 fully saturated rings. The first-order chi connectivity index (χ1) is 8.86. The van der Waals surface area contributed by atoms with Gasteiger partial charge in [0.15, 0.2) is 0 Å². The first-order valence-electron chi connectivity index (χ1n) is 5.22. The molecule has 3 heteroatoms. The Kier molecular flexibility index (Phi) is 7.77. The number of hydrogen-bond acceptors (Lipinski definition) is 2. The van der Waals surface area contributed by atoms with E-state index in [0.717, 1.165) is 11.6 Å². The van der Waals surface area contributed by atoms with Gasteiger partial charge in [-0.1, -0.05) is 49.8 Å². The van der Waals surface area contributed by atoms with E-state index in [0.29, 0.717) is 17.3 Å². The molecule has 1 nitrogen and oxygen atoms in total. The van der Waals surface area contributed by atoms with Crippen LogP contribution < -0.4 is 0 Å². The van der Waals surface area contributed by atoms with Crippen molar-refractivity contribution in [2.24, 2.45) is 0 Å². The summed E-state index contributed by atoms with van der Waals surface area (Å²) in [5.74, 6) is 4.77. The van der Waals surface area contributed by atoms with Crippen molar-refractivity contribution in [2.45, 2.75) is 6.92 Å². The molecule has 0 aromatic carbocycles. The van der Waals surface area contributed by atoms with Crippen LogP contribution >= 0.6 is 11.8 Å². The van der Waals surface area contributed by atoms with Crippen LogP contribution in [0.2, 0.25) is 0 Å². The molecule has 0 unspecified atom stereocenters. The Bertz CT molecular complexity index is 574. The lowest BCUT2D eigenvalue weighted by Gasteiger charge is -1.94. The number of nitrogens with zero attached hydrogens (tertiary/aromatic N) is 1. The first-order valence-corrected chi connectivity index (χ1v) is 6.04. The van der Waals surface area contributed by atoms with Crippen LogP contribution in [0.4, 0.5) is 4.39 Å². The summed E-state index contributed by atoms with van der Waals surface area (Å²) in [6.07, 6.45) is 4.63. The maximum atomic E-state index is 13.4. The molecule has 0 spiro atoms. The van der Waals surface area contributed by atoms with Gasteiger partial charge in [-0.15, -0.1) is 0 Å². The Balaban J connectivity index is 4.69. The Hall–Kier alpha value is -2.23. The van der Waals surface area contributed by atoms with Crippen molar-refractivity contribution in [1.29, 1.82) is 5.26 Å². The van der Waals surface area contributed by atoms with E-state index in [2.05, 4.69) is 38.2 Å². The van der Waals surface area contributed by atoms with E-state index in [1.54, 1.807) is 17.6 Å². The van der Waals surface area contributed by atoms with Crippen LogP contribution in [0.1, 0.15) is 6.92 Å². The van der Waals surface area contributed by atoms with Gasteiger partial charge in [-0.3, -0.25) is 0 Å². The largest absolute Gasteiger partial charge is 0.206 e. The molecule has 0 aliphatic heterocycles. The number of allylic oxidation sites excluding steroid dienone is 7. The maximum absolute atomic E-state index is 13.4. The van der Waals surface area contributed by atoms with Crippen LogP contribution in [0.25, 0.3) is 0 Å². The molecule has 0 heterocycles. The molecule has 0 rings (SSSR count). The number of thiocyanates is 1. The zero-order valence-corrected chi connectivity index (χ0v) is 11.6. The van der Waals surface area contributed by atoms with E-state index in [1.807, 2.05) is 6.92 Å². The Labute approximate surface area is 118 Å². The van der Waals surface area contributed by atoms with Crippen LogP contribution in [0.5, 0.6) is 0 Å². The molecule has 0 atom stereocenters. The molecule has 0 N–H and O–H groups in total. The summed E-state index contributed by atoms with van der Waals surface area (Å²) >= 11 is 0.657. The number of hydrogen-bond donors (Lipinski definition) is 0. The lowest BCUT2D eigenvalue weighted by molar-refractivity contribution is 0.663. The highest BCUT2D eigenvalue weighted by atomic mass is 32.2. The molecule has 0 amide bonds. The van der Waals surface area contributed by atoms with Crippen molar-refractivity contribution in [1.82, 2.24) is 0 Å². The summed E-state index contributed by atoms with van der Waals surface area (Å²) in [5.41, 5.74) is 1.74. The highest BCUT2D eigenvalue weighted by Crippen LogP contribution is 2.22. The molecule has 19 heavy (non-hydrogen) atoms. The molecule has 0 saturated carbocycles. The van der Waals surface area contributed by atoms with E-state index >= 15 is 0 Å². The minimum atomic E-state index is -0.617. The number of thioether (sulfide) groups is 1. The average molecular weight is 271 g/mol. The van der Waals surface area contributed by atoms with Crippen LogP contribution in [-0.2, 0) is 0 Å². The van der Waals surface area contributed by atoms with Crippen molar-refractivity contribution < 1.29 is 4.39 Å². The second-order valence-corrected chi connectivity index (χ2v) is 4.47. The minimum Gasteiger partial charge on any atom is -0.206 e. The van der Waals surface area contributed by atoms with Crippen LogP contribution in [0.3, 0.4) is 0 Å². The standard InChI is InChI=1S/C16H14FNS/c1-12(2)6-7-13(3)8-9-14(4)10-16(17)15(5)19-11-18/h6-7,10H,1,3-5H2,2H3/b7-6-,16-10+. The van der Waals surface area contributed by atoms with Gasteiger partial charge in [0, 0.05) is 11.1 Å². The van der Waals surface area contributed by atoms with E-state index in [-0.39, 0.29) is 10.5 Å². The van der Waals surface area contributed by atoms with Crippen molar-refractivity contribution in [3.63, 3.8) is 0 Å². The highest BCUT2D eigenvalue weighted by molar-refractivity contribution is 8.07. The Morgan fingerprint density at radius 1 is 1.11 bits per heavy atom. The predicted octanol–water partition coefficient (Wildman–Crippen LogP) is 4.82. The molecule has 0 radical (unpaired) electrons. The monoisotopic (exact) mass is 271 g/mol. The van der Waals surface area contributed by atoms with Gasteiger partial charge in [-0.05, 0) is 30.8 Å². The van der Waals surface area contributed by atoms with Crippen LogP contribution in [0, 0.1) is 22.5 Å². The number of halogens is 1. The van der Waals surface area contributed by atoms with Gasteiger partial charge >= 0.3 is 0 Å². The molecule has 0 aromatic rings. The molecule has 0 aliphatic rings. The number of nitriles is 1. The van der Waals surface area contributed by atoms with Gasteiger partial charge in [-0.2, -0.15) is 5.26 Å². The smallest absolute Gasteiger partial charge is 0.138 e. The summed E-state index contributed by atoms with van der Waals surface area (Å²) in [6.45, 7) is 16.3. The first kappa shape index (κ1) is 16.8. The third-order valence-corrected chi connectivity index (χ3v) is 2.22. The maximum Gasteiger partial charge on any atom is 0.138 e. The summed E-state index contributed by atoms with van der Waals surface area (Å²) in [6, 6.07) is 0. The van der Waals surface area contributed by atoms with Crippen molar-refractivity contribution in [3.8, 4) is 17.2 Å². The third-order valence-electron chi connectivity index (χ3n) is 1.69. The second-order valence-electron chi connectivity index (χ2n) is 3.59. The predicted molar refractivity (Wildman–Crippen MR) is 81.5 cm³/mol. The summed E-state index contributed by atoms with van der Waals surface area (Å²) in [4.78, 5) is 0.0338. The normalized spacial score (nSPS) is 10.3. The van der Waals surface area contributed by atoms with E-state index in [9.17, 15) is 4.39 Å². The Morgan fingerprint density at radius 2 is 1.68 bits per heavy atom. The fourth-order valence-electron chi connectivity index (χ4n) is 0.818. The fraction of sp³-hybridized carbons (Fsp3) is 0.0625. The average Bonchev–Trinajstić information content (AvgIpc) is 2.34. The quantitative estimate of drug-likeness (QED) is 0.407. The molecule has 0 bridgehead atoms. The van der Waals surface area contributed by atoms with Gasteiger partial charge in [0.05, 0.1) is 4.91 Å². The SMILES string of the molecule is C=C(C)/C=C\C(=C)C#CC(=C)/C=C(/F)C(=C)SC#N. The molecule has 0 aromatic heterocycles. The van der Waals surface area contributed by atoms with Gasteiger partial charge < -0.3 is 0 Å². The topological polar surface area (TPSA) is 23.8 Å². The van der Waals surface area contributed by atoms with Crippen molar-refractivity contribution in [3.05, 3.63) is 72.0 Å². The summed E-state index contributed by atoms with van der Waals surface area (Å²) in [7, 11) is 0. The van der Waals surface area contributed by atoms with Crippen molar-refractivity contribution in [2.75, 3.05) is 0 Å². The van der Waals surface area contributed by atoms with Gasteiger partial charge in [0.2, 0.25) is 0 Å². The highest BCUT2D eigenvalue weighted by Gasteiger charge is 2.01. The van der Waals surface area contributed by atoms with E-state index < -0.39 is 5.83 Å². The minimum absolute atomic E-state index is 0.0338. The van der Waals surface area contributed by atoms with E-state index in [4.69, 9.17) is 5.26 Å². The number of rotatable bonds is 5. The van der Waals surface area contributed by atoms with Gasteiger partial charge in [-0.25, -0.2) is 4.39 Å². The van der Waals surface area contributed by atoms with Crippen LogP contribution in [0.15, 0.2) is 72.0 Å². The molecule has 96 valence electrons. The van der Waals surface area contributed by atoms with Crippen LogP contribution in [-0.4, -0.2) is 0 Å². The zero-order valence-electron chi connectivity index (χ0n) is 10.8.